The minimum atomic E-state index is -0.952. The number of hydrogen-bond donors (Lipinski definition) is 2. The summed E-state index contributed by atoms with van der Waals surface area (Å²) in [4.78, 5) is 14.9. The van der Waals surface area contributed by atoms with Gasteiger partial charge in [0.05, 0.1) is 11.3 Å². The molecule has 1 unspecified atom stereocenters. The number of carboxylic acids is 1. The van der Waals surface area contributed by atoms with Gasteiger partial charge in [-0.05, 0) is 36.6 Å². The van der Waals surface area contributed by atoms with Crippen LogP contribution in [0.3, 0.4) is 0 Å². The van der Waals surface area contributed by atoms with E-state index in [9.17, 15) is 4.79 Å². The van der Waals surface area contributed by atoms with Gasteiger partial charge in [-0.1, -0.05) is 31.2 Å². The second kappa shape index (κ2) is 6.99. The molecule has 0 saturated heterocycles. The standard InChI is InChI=1S/C17H20N2O2/c1-3-13-4-6-14(7-5-13)12(2)18-11-16-9-8-15(10-19-16)17(20)21/h4-10,12,18H,3,11H2,1-2H3,(H,20,21). The molecule has 1 aromatic heterocycles. The quantitative estimate of drug-likeness (QED) is 0.855. The minimum Gasteiger partial charge on any atom is -0.478 e. The molecule has 2 aromatic rings. The lowest BCUT2D eigenvalue weighted by atomic mass is 10.0. The van der Waals surface area contributed by atoms with Crippen molar-refractivity contribution in [1.29, 1.82) is 0 Å². The lowest BCUT2D eigenvalue weighted by molar-refractivity contribution is 0.0696. The van der Waals surface area contributed by atoms with Crippen LogP contribution in [0, 0.1) is 0 Å². The number of aryl methyl sites for hydroxylation is 1. The van der Waals surface area contributed by atoms with E-state index in [0.717, 1.165) is 12.1 Å². The molecule has 1 atom stereocenters. The van der Waals surface area contributed by atoms with Crippen molar-refractivity contribution in [2.45, 2.75) is 32.9 Å². The Labute approximate surface area is 124 Å². The summed E-state index contributed by atoms with van der Waals surface area (Å²) in [5, 5.41) is 12.2. The molecule has 4 heteroatoms. The van der Waals surface area contributed by atoms with E-state index in [4.69, 9.17) is 5.11 Å². The van der Waals surface area contributed by atoms with Crippen LogP contribution in [0.1, 0.15) is 47.1 Å². The van der Waals surface area contributed by atoms with Crippen LogP contribution in [0.25, 0.3) is 0 Å². The number of pyridine rings is 1. The summed E-state index contributed by atoms with van der Waals surface area (Å²) < 4.78 is 0. The number of carbonyl (C=O) groups is 1. The smallest absolute Gasteiger partial charge is 0.337 e. The first kappa shape index (κ1) is 15.2. The number of carboxylic acid groups (broad SMARTS) is 1. The van der Waals surface area contributed by atoms with E-state index < -0.39 is 5.97 Å². The highest BCUT2D eigenvalue weighted by atomic mass is 16.4. The maximum Gasteiger partial charge on any atom is 0.337 e. The summed E-state index contributed by atoms with van der Waals surface area (Å²) in [5.74, 6) is -0.952. The molecule has 1 heterocycles. The van der Waals surface area contributed by atoms with Crippen molar-refractivity contribution < 1.29 is 9.90 Å². The fourth-order valence-electron chi connectivity index (χ4n) is 2.07. The van der Waals surface area contributed by atoms with E-state index in [-0.39, 0.29) is 11.6 Å². The van der Waals surface area contributed by atoms with E-state index >= 15 is 0 Å². The molecule has 0 saturated carbocycles. The van der Waals surface area contributed by atoms with E-state index in [1.54, 1.807) is 12.1 Å². The van der Waals surface area contributed by atoms with Crippen LogP contribution >= 0.6 is 0 Å². The van der Waals surface area contributed by atoms with Gasteiger partial charge in [-0.3, -0.25) is 4.98 Å². The van der Waals surface area contributed by atoms with Gasteiger partial charge >= 0.3 is 5.97 Å². The second-order valence-corrected chi connectivity index (χ2v) is 5.04. The van der Waals surface area contributed by atoms with Gasteiger partial charge in [-0.2, -0.15) is 0 Å². The van der Waals surface area contributed by atoms with Gasteiger partial charge in [0, 0.05) is 18.8 Å². The van der Waals surface area contributed by atoms with Gasteiger partial charge in [0.15, 0.2) is 0 Å². The van der Waals surface area contributed by atoms with Crippen LogP contribution in [0.2, 0.25) is 0 Å². The molecule has 0 aliphatic heterocycles. The summed E-state index contributed by atoms with van der Waals surface area (Å²) in [6, 6.07) is 12.1. The number of rotatable bonds is 6. The maximum atomic E-state index is 10.8. The van der Waals surface area contributed by atoms with E-state index in [0.29, 0.717) is 6.54 Å². The number of aromatic carboxylic acids is 1. The van der Waals surface area contributed by atoms with E-state index in [1.807, 2.05) is 0 Å². The topological polar surface area (TPSA) is 62.2 Å². The van der Waals surface area contributed by atoms with Gasteiger partial charge in [0.2, 0.25) is 0 Å². The molecule has 21 heavy (non-hydrogen) atoms. The van der Waals surface area contributed by atoms with E-state index in [2.05, 4.69) is 48.4 Å². The van der Waals surface area contributed by atoms with Crippen molar-refractivity contribution >= 4 is 5.97 Å². The summed E-state index contributed by atoms with van der Waals surface area (Å²) in [6.45, 7) is 4.85. The van der Waals surface area contributed by atoms with Crippen LogP contribution in [-0.2, 0) is 13.0 Å². The Bertz CT molecular complexity index is 591. The van der Waals surface area contributed by atoms with Gasteiger partial charge in [0.25, 0.3) is 0 Å². The number of nitrogens with one attached hydrogen (secondary N) is 1. The fourth-order valence-corrected chi connectivity index (χ4v) is 2.07. The maximum absolute atomic E-state index is 10.8. The largest absolute Gasteiger partial charge is 0.478 e. The highest BCUT2D eigenvalue weighted by molar-refractivity contribution is 5.87. The third-order valence-corrected chi connectivity index (χ3v) is 3.55. The van der Waals surface area contributed by atoms with Crippen LogP contribution in [-0.4, -0.2) is 16.1 Å². The first-order chi connectivity index (χ1) is 10.1. The molecule has 0 spiro atoms. The van der Waals surface area contributed by atoms with Gasteiger partial charge in [-0.15, -0.1) is 0 Å². The van der Waals surface area contributed by atoms with E-state index in [1.165, 1.54) is 17.3 Å². The molecule has 0 radical (unpaired) electrons. The Balaban J connectivity index is 1.93. The van der Waals surface area contributed by atoms with Crippen molar-refractivity contribution in [3.05, 3.63) is 65.0 Å². The molecule has 0 bridgehead atoms. The third kappa shape index (κ3) is 4.13. The summed E-state index contributed by atoms with van der Waals surface area (Å²) in [6.07, 6.45) is 2.43. The monoisotopic (exact) mass is 284 g/mol. The zero-order chi connectivity index (χ0) is 15.2. The van der Waals surface area contributed by atoms with Crippen molar-refractivity contribution in [2.24, 2.45) is 0 Å². The SMILES string of the molecule is CCc1ccc(C(C)NCc2ccc(C(=O)O)cn2)cc1. The number of benzene rings is 1. The zero-order valence-electron chi connectivity index (χ0n) is 12.3. The molecular formula is C17H20N2O2. The predicted octanol–water partition coefficient (Wildman–Crippen LogP) is 3.19. The van der Waals surface area contributed by atoms with Gasteiger partial charge in [0.1, 0.15) is 0 Å². The average Bonchev–Trinajstić information content (AvgIpc) is 2.53. The zero-order valence-corrected chi connectivity index (χ0v) is 12.3. The van der Waals surface area contributed by atoms with Crippen molar-refractivity contribution in [2.75, 3.05) is 0 Å². The molecule has 0 amide bonds. The summed E-state index contributed by atoms with van der Waals surface area (Å²) >= 11 is 0. The lowest BCUT2D eigenvalue weighted by Crippen LogP contribution is -2.18. The van der Waals surface area contributed by atoms with Crippen LogP contribution in [0.4, 0.5) is 0 Å². The molecule has 1 aromatic carbocycles. The normalized spacial score (nSPS) is 12.1. The van der Waals surface area contributed by atoms with Crippen molar-refractivity contribution in [3.8, 4) is 0 Å². The Morgan fingerprint density at radius 1 is 1.24 bits per heavy atom. The number of aromatic nitrogens is 1. The Hall–Kier alpha value is -2.20. The molecule has 0 aliphatic rings. The predicted molar refractivity (Wildman–Crippen MR) is 82.3 cm³/mol. The average molecular weight is 284 g/mol. The van der Waals surface area contributed by atoms with Gasteiger partial charge in [-0.25, -0.2) is 4.79 Å². The van der Waals surface area contributed by atoms with Gasteiger partial charge < -0.3 is 10.4 Å². The molecule has 0 fully saturated rings. The first-order valence-electron chi connectivity index (χ1n) is 7.10. The van der Waals surface area contributed by atoms with Crippen LogP contribution < -0.4 is 5.32 Å². The fraction of sp³-hybridized carbons (Fsp3) is 0.294. The highest BCUT2D eigenvalue weighted by Gasteiger charge is 2.06. The van der Waals surface area contributed by atoms with Crippen molar-refractivity contribution in [3.63, 3.8) is 0 Å². The lowest BCUT2D eigenvalue weighted by Gasteiger charge is -2.14. The molecule has 0 aliphatic carbocycles. The minimum absolute atomic E-state index is 0.210. The van der Waals surface area contributed by atoms with Crippen molar-refractivity contribution in [1.82, 2.24) is 10.3 Å². The summed E-state index contributed by atoms with van der Waals surface area (Å²) in [5.41, 5.74) is 3.60. The highest BCUT2D eigenvalue weighted by Crippen LogP contribution is 2.14. The Kier molecular flexibility index (Phi) is 5.06. The third-order valence-electron chi connectivity index (χ3n) is 3.55. The first-order valence-corrected chi connectivity index (χ1v) is 7.10. The molecular weight excluding hydrogens is 264 g/mol. The molecule has 110 valence electrons. The number of hydrogen-bond acceptors (Lipinski definition) is 3. The Morgan fingerprint density at radius 3 is 2.48 bits per heavy atom. The molecule has 2 N–H and O–H groups in total. The Morgan fingerprint density at radius 2 is 1.95 bits per heavy atom. The second-order valence-electron chi connectivity index (χ2n) is 5.04. The van der Waals surface area contributed by atoms with Crippen LogP contribution in [0.15, 0.2) is 42.6 Å². The molecule has 4 nitrogen and oxygen atoms in total. The number of nitrogens with zero attached hydrogens (tertiary/aromatic N) is 1. The summed E-state index contributed by atoms with van der Waals surface area (Å²) in [7, 11) is 0. The molecule has 2 rings (SSSR count). The van der Waals surface area contributed by atoms with Crippen LogP contribution in [0.5, 0.6) is 0 Å².